The summed E-state index contributed by atoms with van der Waals surface area (Å²) in [5.41, 5.74) is -0.0764. The molecule has 0 amide bonds. The summed E-state index contributed by atoms with van der Waals surface area (Å²) >= 11 is 3.17. The number of aromatic nitrogens is 5. The van der Waals surface area contributed by atoms with Gasteiger partial charge in [0.25, 0.3) is 0 Å². The topological polar surface area (TPSA) is 101 Å². The number of ether oxygens (including phenoxy) is 1. The van der Waals surface area contributed by atoms with Crippen molar-refractivity contribution in [1.82, 2.24) is 24.5 Å². The molecule has 0 aliphatic rings. The molecular weight excluding hydrogens is 564 g/mol. The standard InChI is InChI=1S/C23H19BrF4N6O3/c1-3-32-11-14(9-30-32)12-33-19(8-21(31-33)23(26,27)28)17-5-4-16(25)7-18(17)13(2)37-20-6-15(24)10-29-22(20)34(35)36/h4-11,13H,3,12H2,1-2H3/t13-/m1/s1. The van der Waals surface area contributed by atoms with E-state index in [1.54, 1.807) is 10.9 Å². The van der Waals surface area contributed by atoms with Crippen molar-refractivity contribution in [2.24, 2.45) is 0 Å². The minimum atomic E-state index is -4.72. The summed E-state index contributed by atoms with van der Waals surface area (Å²) in [6.07, 6.45) is -1.30. The van der Waals surface area contributed by atoms with E-state index in [9.17, 15) is 27.7 Å². The number of rotatable bonds is 8. The van der Waals surface area contributed by atoms with Crippen molar-refractivity contribution >= 4 is 21.7 Å². The molecule has 0 spiro atoms. The molecule has 4 rings (SSSR count). The average molecular weight is 583 g/mol. The fourth-order valence-electron chi connectivity index (χ4n) is 3.72. The molecule has 1 aromatic carbocycles. The second-order valence-electron chi connectivity index (χ2n) is 8.00. The Hall–Kier alpha value is -3.81. The lowest BCUT2D eigenvalue weighted by Crippen LogP contribution is -2.10. The number of hydrogen-bond acceptors (Lipinski definition) is 6. The predicted octanol–water partition coefficient (Wildman–Crippen LogP) is 6.18. The summed E-state index contributed by atoms with van der Waals surface area (Å²) < 4.78 is 64.1. The van der Waals surface area contributed by atoms with Crippen LogP contribution in [-0.4, -0.2) is 29.5 Å². The molecule has 0 radical (unpaired) electrons. The van der Waals surface area contributed by atoms with Crippen LogP contribution in [0.5, 0.6) is 5.75 Å². The third kappa shape index (κ3) is 5.79. The van der Waals surface area contributed by atoms with E-state index < -0.39 is 34.5 Å². The molecule has 0 bridgehead atoms. The second kappa shape index (κ2) is 10.3. The quantitative estimate of drug-likeness (QED) is 0.140. The molecule has 0 saturated heterocycles. The first-order chi connectivity index (χ1) is 17.5. The number of aryl methyl sites for hydroxylation is 1. The first-order valence-corrected chi connectivity index (χ1v) is 11.7. The molecule has 194 valence electrons. The van der Waals surface area contributed by atoms with E-state index >= 15 is 0 Å². The van der Waals surface area contributed by atoms with E-state index in [4.69, 9.17) is 4.74 Å². The third-order valence-electron chi connectivity index (χ3n) is 5.42. The minimum absolute atomic E-state index is 0.0293. The summed E-state index contributed by atoms with van der Waals surface area (Å²) in [4.78, 5) is 14.4. The highest BCUT2D eigenvalue weighted by Crippen LogP contribution is 2.38. The summed E-state index contributed by atoms with van der Waals surface area (Å²) in [5.74, 6) is -1.42. The molecule has 0 aliphatic heterocycles. The molecule has 1 atom stereocenters. The Bertz CT molecular complexity index is 1450. The lowest BCUT2D eigenvalue weighted by molar-refractivity contribution is -0.390. The van der Waals surface area contributed by atoms with Crippen molar-refractivity contribution < 1.29 is 27.2 Å². The molecule has 0 aliphatic carbocycles. The van der Waals surface area contributed by atoms with E-state index in [0.717, 1.165) is 22.9 Å². The van der Waals surface area contributed by atoms with Gasteiger partial charge in [-0.15, -0.1) is 0 Å². The van der Waals surface area contributed by atoms with E-state index in [0.29, 0.717) is 16.6 Å². The largest absolute Gasteiger partial charge is 0.478 e. The zero-order chi connectivity index (χ0) is 26.9. The van der Waals surface area contributed by atoms with Gasteiger partial charge in [0.15, 0.2) is 11.9 Å². The molecule has 3 heterocycles. The van der Waals surface area contributed by atoms with Gasteiger partial charge in [-0.1, -0.05) is 0 Å². The van der Waals surface area contributed by atoms with E-state index in [1.165, 1.54) is 31.5 Å². The number of halogens is 5. The Kier molecular flexibility index (Phi) is 7.30. The smallest absolute Gasteiger partial charge is 0.435 e. The van der Waals surface area contributed by atoms with Gasteiger partial charge in [0.05, 0.1) is 22.9 Å². The molecule has 0 N–H and O–H groups in total. The highest BCUT2D eigenvalue weighted by Gasteiger charge is 2.35. The van der Waals surface area contributed by atoms with E-state index in [1.807, 2.05) is 6.92 Å². The van der Waals surface area contributed by atoms with Crippen molar-refractivity contribution in [3.63, 3.8) is 0 Å². The van der Waals surface area contributed by atoms with Crippen LogP contribution in [0.2, 0.25) is 0 Å². The van der Waals surface area contributed by atoms with Crippen LogP contribution in [0.15, 0.2) is 53.4 Å². The number of pyridine rings is 1. The number of nitro groups is 1. The van der Waals surface area contributed by atoms with Crippen LogP contribution in [-0.2, 0) is 19.3 Å². The predicted molar refractivity (Wildman–Crippen MR) is 127 cm³/mol. The van der Waals surface area contributed by atoms with Crippen LogP contribution in [0.3, 0.4) is 0 Å². The van der Waals surface area contributed by atoms with Crippen LogP contribution in [0.1, 0.15) is 36.8 Å². The molecule has 0 fully saturated rings. The lowest BCUT2D eigenvalue weighted by Gasteiger charge is -2.19. The van der Waals surface area contributed by atoms with E-state index in [2.05, 4.69) is 31.1 Å². The van der Waals surface area contributed by atoms with Crippen molar-refractivity contribution in [1.29, 1.82) is 0 Å². The number of alkyl halides is 3. The highest BCUT2D eigenvalue weighted by molar-refractivity contribution is 9.10. The normalized spacial score (nSPS) is 12.5. The van der Waals surface area contributed by atoms with Crippen molar-refractivity contribution in [3.05, 3.63) is 86.1 Å². The fraction of sp³-hybridized carbons (Fsp3) is 0.261. The molecule has 14 heteroatoms. The highest BCUT2D eigenvalue weighted by atomic mass is 79.9. The summed E-state index contributed by atoms with van der Waals surface area (Å²) in [6, 6.07) is 5.74. The zero-order valence-corrected chi connectivity index (χ0v) is 21.0. The molecule has 3 aromatic heterocycles. The Labute approximate surface area is 216 Å². The van der Waals surface area contributed by atoms with Gasteiger partial charge in [0.2, 0.25) is 5.75 Å². The zero-order valence-electron chi connectivity index (χ0n) is 19.4. The first kappa shape index (κ1) is 26.3. The molecule has 9 nitrogen and oxygen atoms in total. The minimum Gasteiger partial charge on any atom is -0.478 e. The molecule has 4 aromatic rings. The Balaban J connectivity index is 1.80. The number of nitrogens with zero attached hydrogens (tertiary/aromatic N) is 6. The van der Waals surface area contributed by atoms with E-state index in [-0.39, 0.29) is 29.1 Å². The van der Waals surface area contributed by atoms with Crippen molar-refractivity contribution in [3.8, 4) is 17.0 Å². The van der Waals surface area contributed by atoms with Crippen LogP contribution in [0, 0.1) is 15.9 Å². The van der Waals surface area contributed by atoms with Gasteiger partial charge in [-0.05, 0) is 64.0 Å². The van der Waals surface area contributed by atoms with Gasteiger partial charge in [-0.25, -0.2) is 4.39 Å². The van der Waals surface area contributed by atoms with Gasteiger partial charge < -0.3 is 14.9 Å². The van der Waals surface area contributed by atoms with Gasteiger partial charge in [-0.2, -0.15) is 23.4 Å². The van der Waals surface area contributed by atoms with Gasteiger partial charge in [0, 0.05) is 35.5 Å². The average Bonchev–Trinajstić information content (AvgIpc) is 3.46. The molecule has 0 unspecified atom stereocenters. The van der Waals surface area contributed by atoms with Crippen molar-refractivity contribution in [2.75, 3.05) is 0 Å². The molecular formula is C23H19BrF4N6O3. The Morgan fingerprint density at radius 1 is 1.22 bits per heavy atom. The molecule has 0 saturated carbocycles. The number of hydrogen-bond donors (Lipinski definition) is 0. The van der Waals surface area contributed by atoms with Crippen LogP contribution < -0.4 is 4.74 Å². The van der Waals surface area contributed by atoms with Gasteiger partial charge in [-0.3, -0.25) is 9.36 Å². The first-order valence-electron chi connectivity index (χ1n) is 10.9. The maximum Gasteiger partial charge on any atom is 0.435 e. The van der Waals surface area contributed by atoms with Crippen molar-refractivity contribution in [2.45, 2.75) is 39.2 Å². The lowest BCUT2D eigenvalue weighted by atomic mass is 9.99. The Morgan fingerprint density at radius 2 is 1.97 bits per heavy atom. The maximum absolute atomic E-state index is 14.3. The summed E-state index contributed by atoms with van der Waals surface area (Å²) in [5, 5.41) is 19.3. The SMILES string of the molecule is CCn1cc(Cn2nc(C(F)(F)F)cc2-c2ccc(F)cc2[C@@H](C)Oc2cc(Br)cnc2[N+](=O)[O-])cn1. The Morgan fingerprint density at radius 3 is 2.62 bits per heavy atom. The third-order valence-corrected chi connectivity index (χ3v) is 5.85. The van der Waals surface area contributed by atoms with Gasteiger partial charge in [0.1, 0.15) is 11.9 Å². The summed E-state index contributed by atoms with van der Waals surface area (Å²) in [7, 11) is 0. The fourth-order valence-corrected chi connectivity index (χ4v) is 4.03. The van der Waals surface area contributed by atoms with Gasteiger partial charge >= 0.3 is 12.0 Å². The number of benzene rings is 1. The van der Waals surface area contributed by atoms with Crippen LogP contribution in [0.4, 0.5) is 23.4 Å². The summed E-state index contributed by atoms with van der Waals surface area (Å²) in [6.45, 7) is 3.92. The second-order valence-corrected chi connectivity index (χ2v) is 8.91. The van der Waals surface area contributed by atoms with Crippen LogP contribution in [0.25, 0.3) is 11.3 Å². The molecule has 37 heavy (non-hydrogen) atoms. The monoisotopic (exact) mass is 582 g/mol. The van der Waals surface area contributed by atoms with Crippen LogP contribution >= 0.6 is 15.9 Å². The maximum atomic E-state index is 14.3.